The molecule has 2 aliphatic heterocycles. The molecule has 0 radical (unpaired) electrons. The van der Waals surface area contributed by atoms with Gasteiger partial charge in [0.1, 0.15) is 17.5 Å². The number of carboxylic acids is 1. The van der Waals surface area contributed by atoms with Crippen LogP contribution in [0.15, 0.2) is 65.4 Å². The van der Waals surface area contributed by atoms with Crippen molar-refractivity contribution in [3.05, 3.63) is 76.8 Å². The van der Waals surface area contributed by atoms with Crippen molar-refractivity contribution in [2.75, 3.05) is 50.1 Å². The predicted octanol–water partition coefficient (Wildman–Crippen LogP) is 7.66. The molecule has 13 nitrogen and oxygen atoms in total. The number of allylic oxidation sites excluding steroid dienone is 2. The van der Waals surface area contributed by atoms with Gasteiger partial charge in [-0.2, -0.15) is 5.10 Å². The van der Waals surface area contributed by atoms with Crippen LogP contribution in [0.2, 0.25) is 0 Å². The molecule has 0 amide bonds. The third-order valence-corrected chi connectivity index (χ3v) is 14.7. The smallest absolute Gasteiger partial charge is 0.355 e. The Balaban J connectivity index is 0.944. The van der Waals surface area contributed by atoms with Gasteiger partial charge in [-0.3, -0.25) is 15.5 Å². The van der Waals surface area contributed by atoms with E-state index in [1.165, 1.54) is 6.42 Å². The summed E-state index contributed by atoms with van der Waals surface area (Å²) in [5.74, 6) is 1.26. The Morgan fingerprint density at radius 3 is 2.54 bits per heavy atom. The monoisotopic (exact) mass is 821 g/mol. The number of hydrogen-bond donors (Lipinski definition) is 5. The number of aliphatic hydroxyl groups excluding tert-OH is 1. The van der Waals surface area contributed by atoms with E-state index in [1.54, 1.807) is 11.3 Å². The number of aliphatic hydroxyl groups is 1. The van der Waals surface area contributed by atoms with E-state index < -0.39 is 5.97 Å². The minimum Gasteiger partial charge on any atom is -0.476 e. The summed E-state index contributed by atoms with van der Waals surface area (Å²) in [6.07, 6.45) is 12.2. The molecule has 5 N–H and O–H groups in total. The van der Waals surface area contributed by atoms with E-state index in [4.69, 9.17) is 19.8 Å². The molecule has 14 heteroatoms. The molecule has 2 atom stereocenters. The fourth-order valence-corrected chi connectivity index (χ4v) is 13.3. The van der Waals surface area contributed by atoms with Gasteiger partial charge in [-0.05, 0) is 138 Å². The van der Waals surface area contributed by atoms with Gasteiger partial charge in [-0.1, -0.05) is 37.3 Å². The number of nitrogens with one attached hydrogen (secondary N) is 3. The molecule has 3 aromatic heterocycles. The van der Waals surface area contributed by atoms with Crippen molar-refractivity contribution in [3.8, 4) is 11.1 Å². The van der Waals surface area contributed by atoms with Crippen LogP contribution < -0.4 is 21.1 Å². The zero-order valence-corrected chi connectivity index (χ0v) is 36.0. The lowest BCUT2D eigenvalue weighted by Gasteiger charge is -2.69. The molecule has 4 bridgehead atoms. The summed E-state index contributed by atoms with van der Waals surface area (Å²) < 4.78 is 10.2. The number of hydrogen-bond acceptors (Lipinski definition) is 12. The van der Waals surface area contributed by atoms with Crippen LogP contribution >= 0.6 is 11.3 Å². The first kappa shape index (κ1) is 39.9. The predicted molar refractivity (Wildman–Crippen MR) is 232 cm³/mol. The van der Waals surface area contributed by atoms with Crippen LogP contribution in [0.1, 0.15) is 101 Å². The third kappa shape index (κ3) is 7.62. The van der Waals surface area contributed by atoms with Crippen molar-refractivity contribution in [1.29, 1.82) is 0 Å². The molecule has 59 heavy (non-hydrogen) atoms. The molecule has 4 fully saturated rings. The Labute approximate surface area is 350 Å². The summed E-state index contributed by atoms with van der Waals surface area (Å²) in [6.45, 7) is 13.4. The first-order chi connectivity index (χ1) is 28.3. The highest BCUT2D eigenvalue weighted by Crippen LogP contribution is 2.72. The Hall–Kier alpha value is -4.50. The maximum absolute atomic E-state index is 13.0. The lowest BCUT2D eigenvalue weighted by atomic mass is 9.39. The van der Waals surface area contributed by atoms with E-state index in [0.29, 0.717) is 24.5 Å². The second-order valence-corrected chi connectivity index (χ2v) is 20.1. The summed E-state index contributed by atoms with van der Waals surface area (Å²) in [5, 5.41) is 29.1. The number of carboxylic acid groups (broad SMARTS) is 1. The average molecular weight is 822 g/mol. The summed E-state index contributed by atoms with van der Waals surface area (Å²) in [5.41, 5.74) is 12.6. The largest absolute Gasteiger partial charge is 0.476 e. The molecule has 4 saturated carbocycles. The van der Waals surface area contributed by atoms with Crippen molar-refractivity contribution in [2.24, 2.45) is 16.2 Å². The lowest BCUT2D eigenvalue weighted by Crippen LogP contribution is -2.64. The number of benzene rings is 1. The molecular formula is C45H59N9O4S. The first-order valence-corrected chi connectivity index (χ1v) is 22.2. The van der Waals surface area contributed by atoms with E-state index >= 15 is 0 Å². The maximum Gasteiger partial charge on any atom is 0.355 e. The Kier molecular flexibility index (Phi) is 10.3. The molecule has 5 heterocycles. The highest BCUT2D eigenvalue weighted by atomic mass is 32.1. The zero-order chi connectivity index (χ0) is 41.2. The van der Waals surface area contributed by atoms with Gasteiger partial charge < -0.3 is 30.1 Å². The standard InChI is InChI=1S/C45H59N9O4S/c1-29-31-11-10-17-53(39(31)51-50-38(29)49-41-47-34-12-6-7-13-35(34)59-41)36-15-14-32(37(48-36)40(56)57)33-21-46-54(30(33)2)28-44-23-42(3)22-43(4,24-44)26-45(25-42,27-44)58-20-18-52(5)16-8-9-19-55/h6-7,12-15,21,50-51,55H,8-11,16-20,22-28H2,1-5H3,(H,47,49)(H,56,57). The van der Waals surface area contributed by atoms with Crippen LogP contribution in [-0.2, 0) is 11.3 Å². The maximum atomic E-state index is 13.0. The topological polar surface area (TPSA) is 153 Å². The number of unbranched alkanes of at least 4 members (excludes halogenated alkanes) is 1. The average Bonchev–Trinajstić information content (AvgIpc) is 3.75. The Bertz CT molecular complexity index is 2280. The van der Waals surface area contributed by atoms with Crippen LogP contribution in [-0.4, -0.2) is 86.3 Å². The molecular weight excluding hydrogens is 763 g/mol. The molecule has 10 rings (SSSR count). The number of para-hydroxylation sites is 1. The number of likely N-dealkylation sites (N-methyl/N-ethyl adjacent to an activating group) is 1. The fourth-order valence-electron chi connectivity index (χ4n) is 12.4. The van der Waals surface area contributed by atoms with E-state index in [9.17, 15) is 15.0 Å². The van der Waals surface area contributed by atoms with Crippen LogP contribution in [0.3, 0.4) is 0 Å². The van der Waals surface area contributed by atoms with Gasteiger partial charge in [0.25, 0.3) is 0 Å². The molecule has 0 spiro atoms. The normalized spacial score (nSPS) is 27.4. The minimum absolute atomic E-state index is 0.0237. The number of aromatic nitrogens is 4. The summed E-state index contributed by atoms with van der Waals surface area (Å²) in [7, 11) is 2.15. The van der Waals surface area contributed by atoms with Gasteiger partial charge in [0.05, 0.1) is 28.6 Å². The van der Waals surface area contributed by atoms with Gasteiger partial charge >= 0.3 is 5.97 Å². The van der Waals surface area contributed by atoms with Crippen LogP contribution in [0, 0.1) is 23.2 Å². The van der Waals surface area contributed by atoms with E-state index in [0.717, 1.165) is 127 Å². The summed E-state index contributed by atoms with van der Waals surface area (Å²) in [6, 6.07) is 12.0. The van der Waals surface area contributed by atoms with Gasteiger partial charge in [0, 0.05) is 48.6 Å². The van der Waals surface area contributed by atoms with Gasteiger partial charge in [0.15, 0.2) is 10.8 Å². The molecule has 4 aromatic rings. The van der Waals surface area contributed by atoms with Crippen molar-refractivity contribution < 1.29 is 19.7 Å². The number of ether oxygens (including phenoxy) is 1. The number of rotatable bonds is 15. The second-order valence-electron chi connectivity index (χ2n) is 19.1. The lowest BCUT2D eigenvalue weighted by molar-refractivity contribution is -0.248. The van der Waals surface area contributed by atoms with Gasteiger partial charge in [0.2, 0.25) is 0 Å². The number of anilines is 2. The molecule has 6 aliphatic rings. The molecule has 0 saturated heterocycles. The minimum atomic E-state index is -1.06. The first-order valence-electron chi connectivity index (χ1n) is 21.4. The van der Waals surface area contributed by atoms with Crippen molar-refractivity contribution >= 4 is 38.5 Å². The van der Waals surface area contributed by atoms with E-state index in [-0.39, 0.29) is 34.1 Å². The number of nitrogens with zero attached hydrogens (tertiary/aromatic N) is 6. The Morgan fingerprint density at radius 1 is 0.983 bits per heavy atom. The number of hydrazine groups is 1. The molecule has 314 valence electrons. The van der Waals surface area contributed by atoms with Gasteiger partial charge in [-0.15, -0.1) is 0 Å². The molecule has 4 aliphatic carbocycles. The van der Waals surface area contributed by atoms with Crippen molar-refractivity contribution in [3.63, 3.8) is 0 Å². The quantitative estimate of drug-likeness (QED) is 0.0749. The van der Waals surface area contributed by atoms with E-state index in [1.807, 2.05) is 36.5 Å². The van der Waals surface area contributed by atoms with Crippen LogP contribution in [0.25, 0.3) is 21.3 Å². The number of carbonyl (C=O) groups is 1. The highest BCUT2D eigenvalue weighted by molar-refractivity contribution is 7.22. The molecule has 2 unspecified atom stereocenters. The van der Waals surface area contributed by atoms with Gasteiger partial charge in [-0.25, -0.2) is 14.8 Å². The van der Waals surface area contributed by atoms with Crippen LogP contribution in [0.4, 0.5) is 10.9 Å². The highest BCUT2D eigenvalue weighted by Gasteiger charge is 2.66. The number of thiazole rings is 1. The summed E-state index contributed by atoms with van der Waals surface area (Å²) >= 11 is 1.61. The zero-order valence-electron chi connectivity index (χ0n) is 35.2. The number of pyridine rings is 1. The number of aromatic carboxylic acids is 1. The Morgan fingerprint density at radius 2 is 1.78 bits per heavy atom. The SMILES string of the molecule is CC1=C(Nc2nc3ccccc3s2)NNC2=C1CCCN2c1ccc(-c2cnn(CC34CC5(C)CC(C)(C3)CC(OCCN(C)CCCCO)(C5)C4)c2C)c(C(=O)O)n1. The van der Waals surface area contributed by atoms with Crippen LogP contribution in [0.5, 0.6) is 0 Å². The molecule has 1 aromatic carbocycles. The van der Waals surface area contributed by atoms with Crippen molar-refractivity contribution in [2.45, 2.75) is 104 Å². The second kappa shape index (κ2) is 15.2. The number of fused-ring (bicyclic) bond motifs is 1. The van der Waals surface area contributed by atoms with E-state index in [2.05, 4.69) is 71.5 Å². The van der Waals surface area contributed by atoms with Crippen molar-refractivity contribution in [1.82, 2.24) is 35.5 Å². The fraction of sp³-hybridized carbons (Fsp3) is 0.556. The third-order valence-electron chi connectivity index (χ3n) is 13.7. The summed E-state index contributed by atoms with van der Waals surface area (Å²) in [4.78, 5) is 27.0.